The molecule has 3 aliphatic rings. The summed E-state index contributed by atoms with van der Waals surface area (Å²) in [6.07, 6.45) is 7.05. The molecule has 8 atom stereocenters. The highest BCUT2D eigenvalue weighted by Crippen LogP contribution is 2.56. The number of hydrogen-bond donors (Lipinski definition) is 4. The summed E-state index contributed by atoms with van der Waals surface area (Å²) in [5.74, 6) is -0.879. The van der Waals surface area contributed by atoms with E-state index in [0.717, 1.165) is 23.1 Å². The van der Waals surface area contributed by atoms with Crippen LogP contribution in [-0.4, -0.2) is 45.1 Å². The lowest BCUT2D eigenvalue weighted by Gasteiger charge is -2.49. The van der Waals surface area contributed by atoms with Gasteiger partial charge in [-0.3, -0.25) is 4.79 Å². The average Bonchev–Trinajstić information content (AvgIpc) is 3.04. The van der Waals surface area contributed by atoms with Gasteiger partial charge >= 0.3 is 0 Å². The fourth-order valence-corrected chi connectivity index (χ4v) is 6.47. The van der Waals surface area contributed by atoms with Crippen molar-refractivity contribution in [3.63, 3.8) is 0 Å². The quantitative estimate of drug-likeness (QED) is 0.520. The maximum absolute atomic E-state index is 13.8. The molecular formula is C28H37NO4. The van der Waals surface area contributed by atoms with Crippen molar-refractivity contribution in [1.82, 2.24) is 5.32 Å². The van der Waals surface area contributed by atoms with Crippen molar-refractivity contribution < 1.29 is 20.1 Å². The average molecular weight is 452 g/mol. The summed E-state index contributed by atoms with van der Waals surface area (Å²) in [5.41, 5.74) is 0.591. The zero-order valence-electron chi connectivity index (χ0n) is 20.0. The molecule has 5 nitrogen and oxygen atoms in total. The van der Waals surface area contributed by atoms with Crippen LogP contribution >= 0.6 is 0 Å². The van der Waals surface area contributed by atoms with Gasteiger partial charge in [0.05, 0.1) is 23.2 Å². The molecule has 4 rings (SSSR count). The van der Waals surface area contributed by atoms with Crippen molar-refractivity contribution in [3.05, 3.63) is 71.3 Å². The van der Waals surface area contributed by atoms with Crippen LogP contribution in [0.2, 0.25) is 0 Å². The van der Waals surface area contributed by atoms with Crippen LogP contribution in [0.5, 0.6) is 0 Å². The molecule has 1 heterocycles. The van der Waals surface area contributed by atoms with E-state index in [2.05, 4.69) is 12.2 Å². The van der Waals surface area contributed by atoms with E-state index in [1.54, 1.807) is 19.1 Å². The number of allylic oxidation sites excluding steroid dienone is 1. The number of carbonyl (C=O) groups excluding carboxylic acids is 1. The first-order valence-electron chi connectivity index (χ1n) is 12.0. The van der Waals surface area contributed by atoms with Gasteiger partial charge < -0.3 is 20.6 Å². The van der Waals surface area contributed by atoms with Crippen molar-refractivity contribution in [2.24, 2.45) is 23.2 Å². The van der Waals surface area contributed by atoms with Crippen LogP contribution in [0.1, 0.15) is 46.1 Å². The first kappa shape index (κ1) is 23.9. The lowest BCUT2D eigenvalue weighted by Crippen LogP contribution is -2.57. The van der Waals surface area contributed by atoms with Crippen LogP contribution in [0, 0.1) is 23.2 Å². The molecule has 1 fully saturated rings. The molecule has 0 radical (unpaired) electrons. The van der Waals surface area contributed by atoms with Gasteiger partial charge in [-0.2, -0.15) is 0 Å². The fourth-order valence-electron chi connectivity index (χ4n) is 6.47. The summed E-state index contributed by atoms with van der Waals surface area (Å²) in [6, 6.07) is 9.83. The highest BCUT2D eigenvalue weighted by Gasteiger charge is 2.65. The second-order valence-electron chi connectivity index (χ2n) is 10.7. The zero-order chi connectivity index (χ0) is 24.0. The van der Waals surface area contributed by atoms with E-state index in [4.69, 9.17) is 0 Å². The number of aliphatic hydroxyl groups is 3. The van der Waals surface area contributed by atoms with Gasteiger partial charge in [-0.1, -0.05) is 67.1 Å². The molecule has 1 aromatic carbocycles. The first-order chi connectivity index (χ1) is 15.6. The third-order valence-corrected chi connectivity index (χ3v) is 8.12. The number of benzene rings is 1. The Balaban J connectivity index is 1.87. The molecule has 4 N–H and O–H groups in total. The highest BCUT2D eigenvalue weighted by molar-refractivity contribution is 5.89. The number of rotatable bonds is 2. The van der Waals surface area contributed by atoms with Crippen molar-refractivity contribution in [2.75, 3.05) is 0 Å². The third kappa shape index (κ3) is 4.11. The Morgan fingerprint density at radius 1 is 1.09 bits per heavy atom. The number of aliphatic hydroxyl groups excluding tert-OH is 2. The Bertz CT molecular complexity index is 979. The maximum atomic E-state index is 13.8. The van der Waals surface area contributed by atoms with E-state index in [1.807, 2.05) is 56.3 Å². The molecule has 0 bridgehead atoms. The van der Waals surface area contributed by atoms with E-state index in [1.165, 1.54) is 0 Å². The molecule has 2 aliphatic carbocycles. The molecule has 178 valence electrons. The highest BCUT2D eigenvalue weighted by atomic mass is 16.3. The molecular weight excluding hydrogens is 414 g/mol. The van der Waals surface area contributed by atoms with Gasteiger partial charge in [-0.15, -0.1) is 0 Å². The van der Waals surface area contributed by atoms with Gasteiger partial charge in [0.2, 0.25) is 5.91 Å². The second kappa shape index (κ2) is 8.86. The summed E-state index contributed by atoms with van der Waals surface area (Å²) >= 11 is 0. The second-order valence-corrected chi connectivity index (χ2v) is 10.7. The molecule has 5 heteroatoms. The zero-order valence-corrected chi connectivity index (χ0v) is 20.0. The van der Waals surface area contributed by atoms with E-state index in [0.29, 0.717) is 12.8 Å². The normalized spacial score (nSPS) is 41.2. The van der Waals surface area contributed by atoms with Crippen molar-refractivity contribution >= 4 is 5.91 Å². The number of hydrogen-bond acceptors (Lipinski definition) is 4. The van der Waals surface area contributed by atoms with Crippen molar-refractivity contribution in [2.45, 2.75) is 70.8 Å². The number of amides is 1. The predicted molar refractivity (Wildman–Crippen MR) is 129 cm³/mol. The predicted octanol–water partition coefficient (Wildman–Crippen LogP) is 3.31. The van der Waals surface area contributed by atoms with Gasteiger partial charge in [-0.05, 0) is 57.1 Å². The summed E-state index contributed by atoms with van der Waals surface area (Å²) in [6.45, 7) is 7.72. The van der Waals surface area contributed by atoms with E-state index >= 15 is 0 Å². The molecule has 1 saturated heterocycles. The monoisotopic (exact) mass is 451 g/mol. The Morgan fingerprint density at radius 2 is 1.79 bits per heavy atom. The Labute approximate surface area is 196 Å². The van der Waals surface area contributed by atoms with E-state index < -0.39 is 29.1 Å². The summed E-state index contributed by atoms with van der Waals surface area (Å²) in [7, 11) is 0. The van der Waals surface area contributed by atoms with Gasteiger partial charge in [0.25, 0.3) is 0 Å². The summed E-state index contributed by atoms with van der Waals surface area (Å²) in [4.78, 5) is 13.8. The SMILES string of the molecule is CC1=C(C)[C@H]2[C@H](Cc3ccccc3)NC(=O)[C@]23[C@H](O)C=C[C@](C)(O)C[C@@H](C)CC=C[C@H]3[C@@H]1O. The fraction of sp³-hybridized carbons (Fsp3) is 0.536. The van der Waals surface area contributed by atoms with Crippen molar-refractivity contribution in [3.8, 4) is 0 Å². The smallest absolute Gasteiger partial charge is 0.230 e. The van der Waals surface area contributed by atoms with Crippen LogP contribution in [0.4, 0.5) is 0 Å². The van der Waals surface area contributed by atoms with E-state index in [-0.39, 0.29) is 23.8 Å². The molecule has 1 spiro atoms. The molecule has 1 amide bonds. The molecule has 1 aliphatic heterocycles. The largest absolute Gasteiger partial charge is 0.388 e. The third-order valence-electron chi connectivity index (χ3n) is 8.12. The van der Waals surface area contributed by atoms with E-state index in [9.17, 15) is 20.1 Å². The van der Waals surface area contributed by atoms with Gasteiger partial charge in [-0.25, -0.2) is 0 Å². The number of carbonyl (C=O) groups is 1. The summed E-state index contributed by atoms with van der Waals surface area (Å²) < 4.78 is 0. The standard InChI is InChI=1S/C28H37NO4/c1-17-9-8-12-21-25(31)19(3)18(2)24-22(15-20-10-6-5-7-11-20)29-26(32)28(21,24)23(30)13-14-27(4,33)16-17/h5-8,10-14,17,21-25,30-31,33H,9,15-16H2,1-4H3,(H,29,32)/t17-,21-,22-,23+,24-,25+,27-,28+/m0/s1. The molecule has 33 heavy (non-hydrogen) atoms. The molecule has 1 aromatic rings. The summed E-state index contributed by atoms with van der Waals surface area (Å²) in [5, 5.41) is 37.0. The minimum Gasteiger partial charge on any atom is -0.388 e. The topological polar surface area (TPSA) is 89.8 Å². The van der Waals surface area contributed by atoms with Crippen LogP contribution in [0.25, 0.3) is 0 Å². The Hall–Kier alpha value is -2.21. The van der Waals surface area contributed by atoms with Crippen LogP contribution < -0.4 is 5.32 Å². The lowest BCUT2D eigenvalue weighted by molar-refractivity contribution is -0.141. The minimum absolute atomic E-state index is 0.203. The number of nitrogens with one attached hydrogen (secondary N) is 1. The van der Waals surface area contributed by atoms with Crippen molar-refractivity contribution in [1.29, 1.82) is 0 Å². The van der Waals surface area contributed by atoms with Crippen LogP contribution in [0.15, 0.2) is 65.8 Å². The maximum Gasteiger partial charge on any atom is 0.230 e. The van der Waals surface area contributed by atoms with Gasteiger partial charge in [0.15, 0.2) is 0 Å². The lowest BCUT2D eigenvalue weighted by atomic mass is 9.54. The Kier molecular flexibility index (Phi) is 6.43. The van der Waals surface area contributed by atoms with Gasteiger partial charge in [0.1, 0.15) is 0 Å². The molecule has 0 aromatic heterocycles. The first-order valence-corrected chi connectivity index (χ1v) is 12.0. The molecule has 0 unspecified atom stereocenters. The van der Waals surface area contributed by atoms with Crippen LogP contribution in [0.3, 0.4) is 0 Å². The van der Waals surface area contributed by atoms with Crippen LogP contribution in [-0.2, 0) is 11.2 Å². The van der Waals surface area contributed by atoms with Gasteiger partial charge in [0, 0.05) is 17.9 Å². The minimum atomic E-state index is -1.25. The Morgan fingerprint density at radius 3 is 2.48 bits per heavy atom. The molecule has 0 saturated carbocycles.